The number of carbonyl (C=O) groups excluding carboxylic acids is 1. The highest BCUT2D eigenvalue weighted by Crippen LogP contribution is 2.29. The second-order valence-electron chi connectivity index (χ2n) is 6.16. The largest absolute Gasteiger partial charge is 0.495 e. The van der Waals surface area contributed by atoms with Crippen LogP contribution in [0.1, 0.15) is 6.92 Å². The molecule has 3 rings (SSSR count). The molecule has 0 spiro atoms. The Labute approximate surface area is 172 Å². The lowest BCUT2D eigenvalue weighted by atomic mass is 10.2. The number of hydrogen-bond acceptors (Lipinski definition) is 5. The van der Waals surface area contributed by atoms with Gasteiger partial charge in [-0.05, 0) is 43.3 Å². The monoisotopic (exact) mass is 412 g/mol. The molecule has 1 heterocycles. The van der Waals surface area contributed by atoms with Gasteiger partial charge in [0.1, 0.15) is 11.6 Å². The number of hydrogen-bond donors (Lipinski definition) is 1. The van der Waals surface area contributed by atoms with Gasteiger partial charge in [-0.15, -0.1) is 16.8 Å². The predicted molar refractivity (Wildman–Crippen MR) is 113 cm³/mol. The van der Waals surface area contributed by atoms with E-state index in [1.165, 1.54) is 23.9 Å². The Morgan fingerprint density at radius 1 is 1.28 bits per heavy atom. The number of thioether (sulfide) groups is 1. The van der Waals surface area contributed by atoms with Gasteiger partial charge in [0.05, 0.1) is 18.0 Å². The molecule has 8 heteroatoms. The number of methoxy groups -OCH3 is 1. The van der Waals surface area contributed by atoms with E-state index in [0.29, 0.717) is 29.0 Å². The molecule has 0 fully saturated rings. The molecule has 0 unspecified atom stereocenters. The lowest BCUT2D eigenvalue weighted by Gasteiger charge is -2.14. The summed E-state index contributed by atoms with van der Waals surface area (Å²) in [6.07, 6.45) is 1.72. The van der Waals surface area contributed by atoms with Crippen LogP contribution in [0.2, 0.25) is 0 Å². The first-order valence-electron chi connectivity index (χ1n) is 8.94. The lowest BCUT2D eigenvalue weighted by molar-refractivity contribution is -0.115. The Balaban J connectivity index is 1.79. The van der Waals surface area contributed by atoms with Gasteiger partial charge in [0, 0.05) is 12.1 Å². The molecule has 1 atom stereocenters. The zero-order valence-electron chi connectivity index (χ0n) is 16.1. The summed E-state index contributed by atoms with van der Waals surface area (Å²) in [5.74, 6) is 0.673. The van der Waals surface area contributed by atoms with Crippen molar-refractivity contribution >= 4 is 23.4 Å². The second-order valence-corrected chi connectivity index (χ2v) is 7.47. The number of rotatable bonds is 8. The van der Waals surface area contributed by atoms with Gasteiger partial charge in [0.25, 0.3) is 0 Å². The molecule has 0 aliphatic rings. The number of allylic oxidation sites excluding steroid dienone is 1. The molecule has 0 aliphatic heterocycles. The van der Waals surface area contributed by atoms with Crippen LogP contribution in [0.4, 0.5) is 10.1 Å². The van der Waals surface area contributed by atoms with Crippen molar-refractivity contribution in [2.75, 3.05) is 12.4 Å². The molecule has 6 nitrogen and oxygen atoms in total. The fourth-order valence-corrected chi connectivity index (χ4v) is 3.53. The van der Waals surface area contributed by atoms with Gasteiger partial charge in [-0.3, -0.25) is 9.36 Å². The Kier molecular flexibility index (Phi) is 6.66. The summed E-state index contributed by atoms with van der Waals surface area (Å²) in [7, 11) is 1.55. The van der Waals surface area contributed by atoms with Crippen LogP contribution in [0.3, 0.4) is 0 Å². The summed E-state index contributed by atoms with van der Waals surface area (Å²) in [4.78, 5) is 12.7. The highest BCUT2D eigenvalue weighted by atomic mass is 32.2. The SMILES string of the molecule is C=CCn1c(S[C@H](C)C(=O)Nc2ccccc2OC)nnc1-c1ccc(F)cc1. The number of benzene rings is 2. The molecule has 1 aromatic heterocycles. The summed E-state index contributed by atoms with van der Waals surface area (Å²) in [6.45, 7) is 6.03. The van der Waals surface area contributed by atoms with E-state index in [2.05, 4.69) is 22.1 Å². The van der Waals surface area contributed by atoms with Crippen molar-refractivity contribution in [1.29, 1.82) is 0 Å². The molecule has 3 aromatic rings. The highest BCUT2D eigenvalue weighted by Gasteiger charge is 2.21. The molecule has 29 heavy (non-hydrogen) atoms. The van der Waals surface area contributed by atoms with Crippen molar-refractivity contribution in [1.82, 2.24) is 14.8 Å². The number of aromatic nitrogens is 3. The molecule has 2 aromatic carbocycles. The van der Waals surface area contributed by atoms with E-state index in [1.54, 1.807) is 44.4 Å². The van der Waals surface area contributed by atoms with E-state index in [0.717, 1.165) is 5.56 Å². The average Bonchev–Trinajstić information content (AvgIpc) is 3.11. The Morgan fingerprint density at radius 2 is 2.00 bits per heavy atom. The Morgan fingerprint density at radius 3 is 2.69 bits per heavy atom. The summed E-state index contributed by atoms with van der Waals surface area (Å²) < 4.78 is 20.3. The second kappa shape index (κ2) is 9.38. The van der Waals surface area contributed by atoms with Gasteiger partial charge >= 0.3 is 0 Å². The molecular formula is C21H21FN4O2S. The number of amides is 1. The summed E-state index contributed by atoms with van der Waals surface area (Å²) in [5.41, 5.74) is 1.34. The number of nitrogens with one attached hydrogen (secondary N) is 1. The maximum absolute atomic E-state index is 13.2. The highest BCUT2D eigenvalue weighted by molar-refractivity contribution is 8.00. The number of nitrogens with zero attached hydrogens (tertiary/aromatic N) is 3. The molecule has 1 N–H and O–H groups in total. The normalized spacial score (nSPS) is 11.7. The topological polar surface area (TPSA) is 69.0 Å². The first-order valence-corrected chi connectivity index (χ1v) is 9.82. The smallest absolute Gasteiger partial charge is 0.237 e. The summed E-state index contributed by atoms with van der Waals surface area (Å²) in [5, 5.41) is 11.5. The van der Waals surface area contributed by atoms with Crippen LogP contribution < -0.4 is 10.1 Å². The molecule has 0 bridgehead atoms. The molecule has 0 aliphatic carbocycles. The van der Waals surface area contributed by atoms with Crippen molar-refractivity contribution in [3.05, 3.63) is 67.0 Å². The molecule has 0 radical (unpaired) electrons. The van der Waals surface area contributed by atoms with Gasteiger partial charge in [-0.2, -0.15) is 0 Å². The first-order chi connectivity index (χ1) is 14.0. The summed E-state index contributed by atoms with van der Waals surface area (Å²) in [6, 6.07) is 13.3. The third-order valence-corrected chi connectivity index (χ3v) is 5.23. The zero-order valence-corrected chi connectivity index (χ0v) is 16.9. The number of para-hydroxylation sites is 2. The molecule has 1 amide bonds. The van der Waals surface area contributed by atoms with Crippen LogP contribution in [0.25, 0.3) is 11.4 Å². The zero-order chi connectivity index (χ0) is 20.8. The van der Waals surface area contributed by atoms with E-state index in [4.69, 9.17) is 4.74 Å². The van der Waals surface area contributed by atoms with E-state index in [9.17, 15) is 9.18 Å². The van der Waals surface area contributed by atoms with Crippen LogP contribution in [0, 0.1) is 5.82 Å². The van der Waals surface area contributed by atoms with Crippen molar-refractivity contribution < 1.29 is 13.9 Å². The fourth-order valence-electron chi connectivity index (χ4n) is 2.68. The van der Waals surface area contributed by atoms with Crippen molar-refractivity contribution in [3.8, 4) is 17.1 Å². The van der Waals surface area contributed by atoms with Crippen LogP contribution >= 0.6 is 11.8 Å². The predicted octanol–water partition coefficient (Wildman–Crippen LogP) is 4.40. The molecular weight excluding hydrogens is 391 g/mol. The van der Waals surface area contributed by atoms with Crippen molar-refractivity contribution in [2.45, 2.75) is 23.9 Å². The standard InChI is InChI=1S/C21H21FN4O2S/c1-4-13-26-19(15-9-11-16(22)12-10-15)24-25-21(26)29-14(2)20(27)23-17-7-5-6-8-18(17)28-3/h4-12,14H,1,13H2,2-3H3,(H,23,27)/t14-/m1/s1. The minimum atomic E-state index is -0.436. The van der Waals surface area contributed by atoms with Crippen molar-refractivity contribution in [3.63, 3.8) is 0 Å². The van der Waals surface area contributed by atoms with Crippen LogP contribution in [-0.2, 0) is 11.3 Å². The van der Waals surface area contributed by atoms with E-state index in [-0.39, 0.29) is 11.7 Å². The van der Waals surface area contributed by atoms with Crippen molar-refractivity contribution in [2.24, 2.45) is 0 Å². The van der Waals surface area contributed by atoms with Crippen LogP contribution in [0.5, 0.6) is 5.75 Å². The minimum absolute atomic E-state index is 0.184. The third-order valence-electron chi connectivity index (χ3n) is 4.15. The van der Waals surface area contributed by atoms with Gasteiger partial charge in [-0.25, -0.2) is 4.39 Å². The van der Waals surface area contributed by atoms with Crippen LogP contribution in [0.15, 0.2) is 66.3 Å². The van der Waals surface area contributed by atoms with E-state index >= 15 is 0 Å². The number of ether oxygens (including phenoxy) is 1. The summed E-state index contributed by atoms with van der Waals surface area (Å²) >= 11 is 1.28. The van der Waals surface area contributed by atoms with E-state index in [1.807, 2.05) is 16.7 Å². The van der Waals surface area contributed by atoms with Crippen LogP contribution in [-0.4, -0.2) is 33.0 Å². The molecule has 0 saturated carbocycles. The maximum Gasteiger partial charge on any atom is 0.237 e. The first kappa shape index (κ1) is 20.6. The third kappa shape index (κ3) is 4.83. The van der Waals surface area contributed by atoms with Gasteiger partial charge in [-0.1, -0.05) is 30.0 Å². The quantitative estimate of drug-likeness (QED) is 0.439. The Hall–Kier alpha value is -3.13. The van der Waals surface area contributed by atoms with E-state index < -0.39 is 5.25 Å². The average molecular weight is 412 g/mol. The fraction of sp³-hybridized carbons (Fsp3) is 0.190. The lowest BCUT2D eigenvalue weighted by Crippen LogP contribution is -2.23. The van der Waals surface area contributed by atoms with Gasteiger partial charge < -0.3 is 10.1 Å². The maximum atomic E-state index is 13.2. The number of carbonyl (C=O) groups is 1. The molecule has 150 valence electrons. The molecule has 0 saturated heterocycles. The minimum Gasteiger partial charge on any atom is -0.495 e. The van der Waals surface area contributed by atoms with Gasteiger partial charge in [0.2, 0.25) is 5.91 Å². The Bertz CT molecular complexity index is 1000. The number of anilines is 1. The van der Waals surface area contributed by atoms with Gasteiger partial charge in [0.15, 0.2) is 11.0 Å². The number of halogens is 1.